The van der Waals surface area contributed by atoms with E-state index in [-0.39, 0.29) is 5.92 Å². The van der Waals surface area contributed by atoms with Crippen LogP contribution < -0.4 is 5.73 Å². The first-order valence-corrected chi connectivity index (χ1v) is 5.35. The van der Waals surface area contributed by atoms with E-state index in [2.05, 4.69) is 32.0 Å². The lowest BCUT2D eigenvalue weighted by Crippen LogP contribution is -2.34. The summed E-state index contributed by atoms with van der Waals surface area (Å²) >= 11 is 0. The highest BCUT2D eigenvalue weighted by atomic mass is 16.3. The molecule has 0 amide bonds. The molecule has 1 unspecified atom stereocenters. The fourth-order valence-electron chi connectivity index (χ4n) is 2.04. The first-order valence-electron chi connectivity index (χ1n) is 5.35. The van der Waals surface area contributed by atoms with Crippen LogP contribution in [-0.2, 0) is 0 Å². The zero-order chi connectivity index (χ0) is 11.6. The quantitative estimate of drug-likeness (QED) is 0.797. The summed E-state index contributed by atoms with van der Waals surface area (Å²) in [5.74, 6) is -0.00361. The minimum absolute atomic E-state index is 0.00361. The molecule has 15 heavy (non-hydrogen) atoms. The number of nitrogens with two attached hydrogens (primary N) is 1. The van der Waals surface area contributed by atoms with Crippen molar-refractivity contribution in [1.82, 2.24) is 0 Å². The van der Waals surface area contributed by atoms with Crippen molar-refractivity contribution < 1.29 is 5.11 Å². The Balaban J connectivity index is 3.13. The lowest BCUT2D eigenvalue weighted by molar-refractivity contribution is 0.0525. The summed E-state index contributed by atoms with van der Waals surface area (Å²) in [6, 6.07) is 6.33. The third-order valence-corrected chi connectivity index (χ3v) is 2.73. The second kappa shape index (κ2) is 4.33. The van der Waals surface area contributed by atoms with Crippen molar-refractivity contribution in [3.05, 3.63) is 34.9 Å². The predicted octanol–water partition coefficient (Wildman–Crippen LogP) is 2.12. The molecule has 0 spiro atoms. The first kappa shape index (κ1) is 12.2. The molecule has 0 fully saturated rings. The van der Waals surface area contributed by atoms with E-state index in [1.807, 2.05) is 13.8 Å². The van der Waals surface area contributed by atoms with Gasteiger partial charge in [-0.05, 0) is 33.3 Å². The van der Waals surface area contributed by atoms with Crippen LogP contribution in [0.1, 0.15) is 36.5 Å². The summed E-state index contributed by atoms with van der Waals surface area (Å²) in [5.41, 5.74) is 8.52. The zero-order valence-corrected chi connectivity index (χ0v) is 10.0. The van der Waals surface area contributed by atoms with Crippen LogP contribution in [-0.4, -0.2) is 17.3 Å². The second-order valence-corrected chi connectivity index (χ2v) is 4.86. The maximum atomic E-state index is 10.0. The van der Waals surface area contributed by atoms with Gasteiger partial charge < -0.3 is 10.8 Å². The van der Waals surface area contributed by atoms with Crippen molar-refractivity contribution in [2.45, 2.75) is 39.2 Å². The van der Waals surface area contributed by atoms with E-state index in [1.165, 1.54) is 11.1 Å². The Hall–Kier alpha value is -0.860. The minimum Gasteiger partial charge on any atom is -0.390 e. The highest BCUT2D eigenvalue weighted by molar-refractivity contribution is 5.32. The molecule has 0 saturated carbocycles. The number of rotatable bonds is 3. The highest BCUT2D eigenvalue weighted by Crippen LogP contribution is 2.28. The van der Waals surface area contributed by atoms with Gasteiger partial charge in [-0.1, -0.05) is 29.3 Å². The molecule has 0 aliphatic carbocycles. The second-order valence-electron chi connectivity index (χ2n) is 4.86. The van der Waals surface area contributed by atoms with Gasteiger partial charge in [0.25, 0.3) is 0 Å². The van der Waals surface area contributed by atoms with Crippen LogP contribution >= 0.6 is 0 Å². The van der Waals surface area contributed by atoms with Gasteiger partial charge in [0.05, 0.1) is 5.60 Å². The molecule has 0 bridgehead atoms. The molecule has 0 saturated heterocycles. The smallest absolute Gasteiger partial charge is 0.0672 e. The maximum Gasteiger partial charge on any atom is 0.0672 e. The average Bonchev–Trinajstić information content (AvgIpc) is 1.99. The number of hydrogen-bond acceptors (Lipinski definition) is 2. The molecule has 1 aromatic carbocycles. The molecule has 0 aliphatic heterocycles. The minimum atomic E-state index is -0.769. The Morgan fingerprint density at radius 2 is 1.67 bits per heavy atom. The van der Waals surface area contributed by atoms with Gasteiger partial charge in [0.15, 0.2) is 0 Å². The van der Waals surface area contributed by atoms with Gasteiger partial charge in [-0.2, -0.15) is 0 Å². The number of aryl methyl sites for hydroxylation is 2. The van der Waals surface area contributed by atoms with Crippen molar-refractivity contribution in [2.24, 2.45) is 5.73 Å². The van der Waals surface area contributed by atoms with Gasteiger partial charge in [-0.15, -0.1) is 0 Å². The molecule has 3 N–H and O–H groups in total. The van der Waals surface area contributed by atoms with E-state index in [0.717, 1.165) is 5.56 Å². The fraction of sp³-hybridized carbons (Fsp3) is 0.538. The summed E-state index contributed by atoms with van der Waals surface area (Å²) < 4.78 is 0. The average molecular weight is 207 g/mol. The summed E-state index contributed by atoms with van der Waals surface area (Å²) in [6.07, 6.45) is 0. The molecular formula is C13H21NO. The van der Waals surface area contributed by atoms with Gasteiger partial charge in [0, 0.05) is 12.5 Å². The monoisotopic (exact) mass is 207 g/mol. The van der Waals surface area contributed by atoms with E-state index in [4.69, 9.17) is 5.73 Å². The molecule has 0 aliphatic rings. The Kier molecular flexibility index (Phi) is 3.53. The van der Waals surface area contributed by atoms with E-state index >= 15 is 0 Å². The maximum absolute atomic E-state index is 10.0. The van der Waals surface area contributed by atoms with Crippen LogP contribution in [0, 0.1) is 13.8 Å². The van der Waals surface area contributed by atoms with Crippen molar-refractivity contribution in [3.8, 4) is 0 Å². The Morgan fingerprint density at radius 1 is 1.20 bits per heavy atom. The Morgan fingerprint density at radius 3 is 2.00 bits per heavy atom. The fourth-order valence-corrected chi connectivity index (χ4v) is 2.04. The summed E-state index contributed by atoms with van der Waals surface area (Å²) in [6.45, 7) is 8.21. The van der Waals surface area contributed by atoms with Crippen molar-refractivity contribution in [1.29, 1.82) is 0 Å². The standard InChI is InChI=1S/C13H21NO/c1-9-5-10(2)7-11(6-9)12(8-14)13(3,4)15/h5-7,12,15H,8,14H2,1-4H3. The molecule has 84 valence electrons. The predicted molar refractivity (Wildman–Crippen MR) is 64.0 cm³/mol. The molecule has 1 atom stereocenters. The molecular weight excluding hydrogens is 186 g/mol. The third-order valence-electron chi connectivity index (χ3n) is 2.73. The summed E-state index contributed by atoms with van der Waals surface area (Å²) in [7, 11) is 0. The van der Waals surface area contributed by atoms with Crippen molar-refractivity contribution in [2.75, 3.05) is 6.54 Å². The topological polar surface area (TPSA) is 46.2 Å². The van der Waals surface area contributed by atoms with Crippen molar-refractivity contribution in [3.63, 3.8) is 0 Å². The van der Waals surface area contributed by atoms with Crippen LogP contribution in [0.5, 0.6) is 0 Å². The van der Waals surface area contributed by atoms with E-state index in [0.29, 0.717) is 6.54 Å². The van der Waals surface area contributed by atoms with Gasteiger partial charge in [0.2, 0.25) is 0 Å². The van der Waals surface area contributed by atoms with Gasteiger partial charge >= 0.3 is 0 Å². The van der Waals surface area contributed by atoms with Crippen LogP contribution in [0.25, 0.3) is 0 Å². The van der Waals surface area contributed by atoms with Crippen LogP contribution in [0.3, 0.4) is 0 Å². The highest BCUT2D eigenvalue weighted by Gasteiger charge is 2.27. The first-order chi connectivity index (χ1) is 6.84. The number of aliphatic hydroxyl groups is 1. The van der Waals surface area contributed by atoms with Crippen LogP contribution in [0.15, 0.2) is 18.2 Å². The largest absolute Gasteiger partial charge is 0.390 e. The number of hydrogen-bond donors (Lipinski definition) is 2. The Labute approximate surface area is 92.1 Å². The summed E-state index contributed by atoms with van der Waals surface area (Å²) in [5, 5.41) is 10.0. The lowest BCUT2D eigenvalue weighted by atomic mass is 9.83. The molecule has 2 nitrogen and oxygen atoms in total. The number of benzene rings is 1. The summed E-state index contributed by atoms with van der Waals surface area (Å²) in [4.78, 5) is 0. The van der Waals surface area contributed by atoms with E-state index in [1.54, 1.807) is 0 Å². The van der Waals surface area contributed by atoms with E-state index < -0.39 is 5.60 Å². The van der Waals surface area contributed by atoms with E-state index in [9.17, 15) is 5.11 Å². The lowest BCUT2D eigenvalue weighted by Gasteiger charge is -2.29. The molecule has 1 aromatic rings. The van der Waals surface area contributed by atoms with Crippen LogP contribution in [0.2, 0.25) is 0 Å². The molecule has 0 aromatic heterocycles. The van der Waals surface area contributed by atoms with Crippen molar-refractivity contribution >= 4 is 0 Å². The molecule has 2 heteroatoms. The third kappa shape index (κ3) is 3.05. The SMILES string of the molecule is Cc1cc(C)cc(C(CN)C(C)(C)O)c1. The Bertz CT molecular complexity index is 319. The zero-order valence-electron chi connectivity index (χ0n) is 10.0. The molecule has 0 radical (unpaired) electrons. The van der Waals surface area contributed by atoms with Gasteiger partial charge in [-0.3, -0.25) is 0 Å². The van der Waals surface area contributed by atoms with Crippen LogP contribution in [0.4, 0.5) is 0 Å². The van der Waals surface area contributed by atoms with Gasteiger partial charge in [0.1, 0.15) is 0 Å². The van der Waals surface area contributed by atoms with Gasteiger partial charge in [-0.25, -0.2) is 0 Å². The normalized spacial score (nSPS) is 14.0. The molecule has 0 heterocycles. The molecule has 1 rings (SSSR count).